The maximum absolute atomic E-state index is 12.4. The van der Waals surface area contributed by atoms with Crippen LogP contribution in [-0.4, -0.2) is 22.2 Å². The Kier molecular flexibility index (Phi) is 4.49. The van der Waals surface area contributed by atoms with Gasteiger partial charge in [0, 0.05) is 12.1 Å². The molecule has 0 atom stereocenters. The summed E-state index contributed by atoms with van der Waals surface area (Å²) in [7, 11) is 0. The molecular formula is C18H18N4O. The fourth-order valence-electron chi connectivity index (χ4n) is 2.29. The van der Waals surface area contributed by atoms with Gasteiger partial charge in [0.2, 0.25) is 0 Å². The highest BCUT2D eigenvalue weighted by atomic mass is 16.2. The Labute approximate surface area is 134 Å². The van der Waals surface area contributed by atoms with Crippen molar-refractivity contribution in [3.8, 4) is 16.9 Å². The van der Waals surface area contributed by atoms with Crippen LogP contribution in [0.25, 0.3) is 16.9 Å². The standard InChI is InChI=1S/C18H18N4O/c1-2-19-20-18(23)17-13-16(14-9-5-3-6-10-14)21-22(17)15-11-7-4-8-12-15/h3-13,19H,2H2,1H3,(H,20,23). The van der Waals surface area contributed by atoms with Gasteiger partial charge in [0.25, 0.3) is 5.91 Å². The molecule has 0 spiro atoms. The van der Waals surface area contributed by atoms with E-state index in [-0.39, 0.29) is 5.91 Å². The molecule has 23 heavy (non-hydrogen) atoms. The molecule has 3 aromatic rings. The lowest BCUT2D eigenvalue weighted by molar-refractivity contribution is 0.0926. The van der Waals surface area contributed by atoms with Gasteiger partial charge >= 0.3 is 0 Å². The summed E-state index contributed by atoms with van der Waals surface area (Å²) >= 11 is 0. The predicted molar refractivity (Wildman–Crippen MR) is 90.1 cm³/mol. The second-order valence-corrected chi connectivity index (χ2v) is 5.01. The molecule has 5 heteroatoms. The average molecular weight is 306 g/mol. The molecule has 1 aromatic heterocycles. The fourth-order valence-corrected chi connectivity index (χ4v) is 2.29. The zero-order valence-corrected chi connectivity index (χ0v) is 12.9. The molecule has 0 aliphatic heterocycles. The number of hydrogen-bond donors (Lipinski definition) is 2. The first-order chi connectivity index (χ1) is 11.3. The van der Waals surface area contributed by atoms with Crippen LogP contribution in [0.15, 0.2) is 66.7 Å². The summed E-state index contributed by atoms with van der Waals surface area (Å²) in [6.45, 7) is 2.57. The number of carbonyl (C=O) groups excluding carboxylic acids is 1. The zero-order valence-electron chi connectivity index (χ0n) is 12.9. The first-order valence-corrected chi connectivity index (χ1v) is 7.53. The molecule has 0 aliphatic carbocycles. The number of benzene rings is 2. The molecule has 0 saturated carbocycles. The number of aromatic nitrogens is 2. The van der Waals surface area contributed by atoms with Crippen molar-refractivity contribution < 1.29 is 4.79 Å². The summed E-state index contributed by atoms with van der Waals surface area (Å²) in [5.74, 6) is -0.217. The van der Waals surface area contributed by atoms with E-state index in [1.165, 1.54) is 0 Å². The first kappa shape index (κ1) is 15.0. The van der Waals surface area contributed by atoms with E-state index >= 15 is 0 Å². The maximum Gasteiger partial charge on any atom is 0.284 e. The minimum Gasteiger partial charge on any atom is -0.286 e. The van der Waals surface area contributed by atoms with Crippen molar-refractivity contribution in [1.29, 1.82) is 0 Å². The number of carbonyl (C=O) groups is 1. The summed E-state index contributed by atoms with van der Waals surface area (Å²) < 4.78 is 1.66. The lowest BCUT2D eigenvalue weighted by Crippen LogP contribution is -2.38. The van der Waals surface area contributed by atoms with Crippen LogP contribution in [0.4, 0.5) is 0 Å². The van der Waals surface area contributed by atoms with Crippen LogP contribution in [0, 0.1) is 0 Å². The number of nitrogens with zero attached hydrogens (tertiary/aromatic N) is 2. The lowest BCUT2D eigenvalue weighted by atomic mass is 10.1. The molecule has 0 radical (unpaired) electrons. The van der Waals surface area contributed by atoms with Crippen molar-refractivity contribution in [2.24, 2.45) is 0 Å². The molecule has 0 fully saturated rings. The molecule has 0 unspecified atom stereocenters. The van der Waals surface area contributed by atoms with Crippen LogP contribution in [0.2, 0.25) is 0 Å². The molecule has 116 valence electrons. The van der Waals surface area contributed by atoms with Gasteiger partial charge in [0.1, 0.15) is 5.69 Å². The van der Waals surface area contributed by atoms with Crippen molar-refractivity contribution >= 4 is 5.91 Å². The number of hydrogen-bond acceptors (Lipinski definition) is 3. The third kappa shape index (κ3) is 3.30. The molecule has 0 bridgehead atoms. The van der Waals surface area contributed by atoms with E-state index in [0.29, 0.717) is 12.2 Å². The lowest BCUT2D eigenvalue weighted by Gasteiger charge is -2.08. The Morgan fingerprint density at radius 1 is 1.04 bits per heavy atom. The summed E-state index contributed by atoms with van der Waals surface area (Å²) in [4.78, 5) is 12.4. The number of para-hydroxylation sites is 1. The van der Waals surface area contributed by atoms with Crippen LogP contribution >= 0.6 is 0 Å². The van der Waals surface area contributed by atoms with Crippen molar-refractivity contribution in [2.75, 3.05) is 6.54 Å². The molecule has 2 N–H and O–H groups in total. The second kappa shape index (κ2) is 6.89. The minimum absolute atomic E-state index is 0.217. The third-order valence-corrected chi connectivity index (χ3v) is 3.39. The number of hydrazine groups is 1. The van der Waals surface area contributed by atoms with E-state index in [1.807, 2.05) is 67.6 Å². The fraction of sp³-hybridized carbons (Fsp3) is 0.111. The number of nitrogens with one attached hydrogen (secondary N) is 2. The molecule has 5 nitrogen and oxygen atoms in total. The molecule has 1 heterocycles. The van der Waals surface area contributed by atoms with Crippen LogP contribution in [0.3, 0.4) is 0 Å². The van der Waals surface area contributed by atoms with Gasteiger partial charge in [-0.05, 0) is 18.2 Å². The average Bonchev–Trinajstić information content (AvgIpc) is 3.07. The molecule has 3 rings (SSSR count). The summed E-state index contributed by atoms with van der Waals surface area (Å²) in [5, 5.41) is 4.61. The van der Waals surface area contributed by atoms with E-state index < -0.39 is 0 Å². The zero-order chi connectivity index (χ0) is 16.1. The quantitative estimate of drug-likeness (QED) is 0.713. The Bertz CT molecular complexity index is 781. The third-order valence-electron chi connectivity index (χ3n) is 3.39. The Balaban J connectivity index is 2.05. The number of amides is 1. The normalized spacial score (nSPS) is 10.5. The van der Waals surface area contributed by atoms with E-state index in [1.54, 1.807) is 10.7 Å². The maximum atomic E-state index is 12.4. The predicted octanol–water partition coefficient (Wildman–Crippen LogP) is 2.79. The Hall–Kier alpha value is -2.92. The van der Waals surface area contributed by atoms with Crippen LogP contribution < -0.4 is 10.9 Å². The summed E-state index contributed by atoms with van der Waals surface area (Å²) in [6, 6.07) is 21.2. The Morgan fingerprint density at radius 2 is 1.70 bits per heavy atom. The summed E-state index contributed by atoms with van der Waals surface area (Å²) in [6.07, 6.45) is 0. The SMILES string of the molecule is CCNNC(=O)c1cc(-c2ccccc2)nn1-c1ccccc1. The second-order valence-electron chi connectivity index (χ2n) is 5.01. The van der Waals surface area contributed by atoms with Gasteiger partial charge in [-0.25, -0.2) is 10.1 Å². The van der Waals surface area contributed by atoms with Crippen molar-refractivity contribution in [1.82, 2.24) is 20.6 Å². The van der Waals surface area contributed by atoms with Gasteiger partial charge in [0.05, 0.1) is 11.4 Å². The van der Waals surface area contributed by atoms with Crippen LogP contribution in [0.5, 0.6) is 0 Å². The van der Waals surface area contributed by atoms with Gasteiger partial charge in [-0.1, -0.05) is 55.5 Å². The van der Waals surface area contributed by atoms with Gasteiger partial charge in [0.15, 0.2) is 0 Å². The summed E-state index contributed by atoms with van der Waals surface area (Å²) in [5.41, 5.74) is 8.57. The highest BCUT2D eigenvalue weighted by molar-refractivity contribution is 5.94. The smallest absolute Gasteiger partial charge is 0.284 e. The minimum atomic E-state index is -0.217. The Morgan fingerprint density at radius 3 is 2.35 bits per heavy atom. The highest BCUT2D eigenvalue weighted by Gasteiger charge is 2.17. The topological polar surface area (TPSA) is 58.9 Å². The number of rotatable bonds is 5. The van der Waals surface area contributed by atoms with Crippen molar-refractivity contribution in [2.45, 2.75) is 6.92 Å². The van der Waals surface area contributed by atoms with Crippen molar-refractivity contribution in [3.63, 3.8) is 0 Å². The van der Waals surface area contributed by atoms with Crippen LogP contribution in [-0.2, 0) is 0 Å². The van der Waals surface area contributed by atoms with Gasteiger partial charge in [-0.3, -0.25) is 10.2 Å². The molecule has 1 amide bonds. The van der Waals surface area contributed by atoms with E-state index in [0.717, 1.165) is 16.9 Å². The molecule has 2 aromatic carbocycles. The monoisotopic (exact) mass is 306 g/mol. The van der Waals surface area contributed by atoms with E-state index in [4.69, 9.17) is 0 Å². The largest absolute Gasteiger partial charge is 0.286 e. The van der Waals surface area contributed by atoms with E-state index in [2.05, 4.69) is 16.0 Å². The first-order valence-electron chi connectivity index (χ1n) is 7.53. The van der Waals surface area contributed by atoms with Crippen LogP contribution in [0.1, 0.15) is 17.4 Å². The molecule has 0 saturated heterocycles. The molecular weight excluding hydrogens is 288 g/mol. The van der Waals surface area contributed by atoms with E-state index in [9.17, 15) is 4.79 Å². The van der Waals surface area contributed by atoms with Gasteiger partial charge in [-0.2, -0.15) is 5.10 Å². The molecule has 0 aliphatic rings. The highest BCUT2D eigenvalue weighted by Crippen LogP contribution is 2.21. The van der Waals surface area contributed by atoms with Gasteiger partial charge in [-0.15, -0.1) is 0 Å². The van der Waals surface area contributed by atoms with Gasteiger partial charge < -0.3 is 0 Å². The van der Waals surface area contributed by atoms with Crippen molar-refractivity contribution in [3.05, 3.63) is 72.4 Å².